The number of amides is 1. The van der Waals surface area contributed by atoms with Crippen molar-refractivity contribution >= 4 is 5.91 Å². The summed E-state index contributed by atoms with van der Waals surface area (Å²) in [6, 6.07) is 10.4. The maximum absolute atomic E-state index is 11.9. The van der Waals surface area contributed by atoms with E-state index in [0.29, 0.717) is 6.54 Å². The third-order valence-electron chi connectivity index (χ3n) is 3.86. The minimum absolute atomic E-state index is 0.0128. The second kappa shape index (κ2) is 9.38. The number of nitrogens with zero attached hydrogens (tertiary/aromatic N) is 1. The average molecular weight is 302 g/mol. The van der Waals surface area contributed by atoms with Crippen LogP contribution in [0.2, 0.25) is 0 Å². The molecule has 1 aliphatic heterocycles. The van der Waals surface area contributed by atoms with Gasteiger partial charge in [-0.25, -0.2) is 0 Å². The summed E-state index contributed by atoms with van der Waals surface area (Å²) in [5.41, 5.74) is 2.43. The number of allylic oxidation sites excluding steroid dienone is 1. The predicted molar refractivity (Wildman–Crippen MR) is 88.8 cm³/mol. The Morgan fingerprint density at radius 3 is 2.73 bits per heavy atom. The second-order valence-corrected chi connectivity index (χ2v) is 5.72. The van der Waals surface area contributed by atoms with Gasteiger partial charge in [0.1, 0.15) is 0 Å². The molecule has 0 radical (unpaired) electrons. The van der Waals surface area contributed by atoms with Gasteiger partial charge in [-0.15, -0.1) is 0 Å². The fourth-order valence-electron chi connectivity index (χ4n) is 2.50. The van der Waals surface area contributed by atoms with Crippen molar-refractivity contribution in [3.63, 3.8) is 0 Å². The zero-order valence-corrected chi connectivity index (χ0v) is 13.4. The smallest absolute Gasteiger partial charge is 0.243 e. The molecule has 1 fully saturated rings. The maximum Gasteiger partial charge on any atom is 0.243 e. The molecule has 1 amide bonds. The molecule has 0 atom stereocenters. The molecule has 0 unspecified atom stereocenters. The number of ether oxygens (including phenoxy) is 1. The molecule has 120 valence electrons. The van der Waals surface area contributed by atoms with Gasteiger partial charge in [-0.3, -0.25) is 9.69 Å². The largest absolute Gasteiger partial charge is 0.379 e. The molecule has 0 aromatic heterocycles. The van der Waals surface area contributed by atoms with Gasteiger partial charge in [-0.05, 0) is 25.3 Å². The van der Waals surface area contributed by atoms with Crippen LogP contribution in [0.1, 0.15) is 18.9 Å². The fourth-order valence-corrected chi connectivity index (χ4v) is 2.50. The molecule has 0 aliphatic carbocycles. The minimum atomic E-state index is 0.0128. The van der Waals surface area contributed by atoms with Gasteiger partial charge in [0.05, 0.1) is 13.2 Å². The first kappa shape index (κ1) is 16.7. The molecule has 1 aromatic rings. The van der Waals surface area contributed by atoms with Crippen molar-refractivity contribution < 1.29 is 9.53 Å². The van der Waals surface area contributed by atoms with E-state index in [1.165, 1.54) is 5.56 Å². The fraction of sp³-hybridized carbons (Fsp3) is 0.500. The van der Waals surface area contributed by atoms with Gasteiger partial charge < -0.3 is 10.1 Å². The zero-order valence-electron chi connectivity index (χ0n) is 13.4. The highest BCUT2D eigenvalue weighted by Crippen LogP contribution is 2.08. The van der Waals surface area contributed by atoms with Crippen molar-refractivity contribution in [3.8, 4) is 0 Å². The predicted octanol–water partition coefficient (Wildman–Crippen LogP) is 2.01. The average Bonchev–Trinajstić information content (AvgIpc) is 2.55. The number of aryl methyl sites for hydroxylation is 1. The van der Waals surface area contributed by atoms with Crippen molar-refractivity contribution in [1.82, 2.24) is 10.2 Å². The summed E-state index contributed by atoms with van der Waals surface area (Å²) in [5.74, 6) is 0.0128. The molecule has 1 aromatic carbocycles. The lowest BCUT2D eigenvalue weighted by molar-refractivity contribution is -0.116. The van der Waals surface area contributed by atoms with E-state index >= 15 is 0 Å². The van der Waals surface area contributed by atoms with Crippen molar-refractivity contribution in [2.24, 2.45) is 0 Å². The summed E-state index contributed by atoms with van der Waals surface area (Å²) in [6.07, 6.45) is 3.62. The Bertz CT molecular complexity index is 479. The Morgan fingerprint density at radius 2 is 2.00 bits per heavy atom. The lowest BCUT2D eigenvalue weighted by Gasteiger charge is -2.26. The van der Waals surface area contributed by atoms with E-state index in [-0.39, 0.29) is 5.91 Å². The normalized spacial score (nSPS) is 16.5. The van der Waals surface area contributed by atoms with E-state index in [9.17, 15) is 4.79 Å². The van der Waals surface area contributed by atoms with E-state index in [2.05, 4.69) is 22.3 Å². The highest BCUT2D eigenvalue weighted by Gasteiger charge is 2.09. The van der Waals surface area contributed by atoms with Crippen LogP contribution in [0.5, 0.6) is 0 Å². The van der Waals surface area contributed by atoms with Gasteiger partial charge in [0.15, 0.2) is 0 Å². The standard InChI is InChI=1S/C18H26N2O2/c1-16(7-8-17-5-3-2-4-6-17)15-18(21)19-9-10-20-11-13-22-14-12-20/h2-6,15H,7-14H2,1H3,(H,19,21). The number of nitrogens with one attached hydrogen (secondary N) is 1. The summed E-state index contributed by atoms with van der Waals surface area (Å²) in [4.78, 5) is 14.2. The van der Waals surface area contributed by atoms with Crippen molar-refractivity contribution in [1.29, 1.82) is 0 Å². The van der Waals surface area contributed by atoms with E-state index in [1.54, 1.807) is 6.08 Å². The molecular weight excluding hydrogens is 276 g/mol. The van der Waals surface area contributed by atoms with Crippen LogP contribution in [0.15, 0.2) is 42.0 Å². The first-order valence-corrected chi connectivity index (χ1v) is 8.03. The molecule has 0 saturated carbocycles. The van der Waals surface area contributed by atoms with Crippen LogP contribution in [0.3, 0.4) is 0 Å². The molecule has 4 heteroatoms. The number of morpholine rings is 1. The van der Waals surface area contributed by atoms with Crippen LogP contribution in [-0.2, 0) is 16.0 Å². The van der Waals surface area contributed by atoms with E-state index in [1.807, 2.05) is 25.1 Å². The van der Waals surface area contributed by atoms with Gasteiger partial charge in [-0.1, -0.05) is 35.9 Å². The van der Waals surface area contributed by atoms with Crippen LogP contribution in [0, 0.1) is 0 Å². The molecule has 0 bridgehead atoms. The van der Waals surface area contributed by atoms with E-state index in [0.717, 1.165) is 51.3 Å². The highest BCUT2D eigenvalue weighted by molar-refractivity contribution is 5.88. The lowest BCUT2D eigenvalue weighted by atomic mass is 10.1. The minimum Gasteiger partial charge on any atom is -0.379 e. The number of benzene rings is 1. The zero-order chi connectivity index (χ0) is 15.6. The molecule has 22 heavy (non-hydrogen) atoms. The topological polar surface area (TPSA) is 41.6 Å². The third kappa shape index (κ3) is 6.41. The Kier molecular flexibility index (Phi) is 7.13. The van der Waals surface area contributed by atoms with Gasteiger partial charge in [-0.2, -0.15) is 0 Å². The monoisotopic (exact) mass is 302 g/mol. The summed E-state index contributed by atoms with van der Waals surface area (Å²) >= 11 is 0. The first-order chi connectivity index (χ1) is 10.7. The summed E-state index contributed by atoms with van der Waals surface area (Å²) in [7, 11) is 0. The quantitative estimate of drug-likeness (QED) is 0.784. The van der Waals surface area contributed by atoms with Crippen LogP contribution >= 0.6 is 0 Å². The van der Waals surface area contributed by atoms with Gasteiger partial charge in [0.25, 0.3) is 0 Å². The summed E-state index contributed by atoms with van der Waals surface area (Å²) in [5, 5.41) is 2.96. The van der Waals surface area contributed by atoms with Crippen LogP contribution in [-0.4, -0.2) is 50.2 Å². The number of carbonyl (C=O) groups is 1. The molecule has 1 heterocycles. The van der Waals surface area contributed by atoms with Crippen molar-refractivity contribution in [3.05, 3.63) is 47.5 Å². The molecule has 1 saturated heterocycles. The third-order valence-corrected chi connectivity index (χ3v) is 3.86. The molecule has 4 nitrogen and oxygen atoms in total. The Balaban J connectivity index is 1.63. The van der Waals surface area contributed by atoms with E-state index < -0.39 is 0 Å². The van der Waals surface area contributed by atoms with Gasteiger partial charge in [0, 0.05) is 32.3 Å². The Labute approximate surface area is 133 Å². The molecule has 1 aliphatic rings. The van der Waals surface area contributed by atoms with Crippen molar-refractivity contribution in [2.45, 2.75) is 19.8 Å². The summed E-state index contributed by atoms with van der Waals surface area (Å²) in [6.45, 7) is 7.13. The van der Waals surface area contributed by atoms with Crippen molar-refractivity contribution in [2.75, 3.05) is 39.4 Å². The molecule has 1 N–H and O–H groups in total. The van der Waals surface area contributed by atoms with Gasteiger partial charge >= 0.3 is 0 Å². The number of hydrogen-bond acceptors (Lipinski definition) is 3. The second-order valence-electron chi connectivity index (χ2n) is 5.72. The molecule has 0 spiro atoms. The van der Waals surface area contributed by atoms with Crippen LogP contribution < -0.4 is 5.32 Å². The molecule has 2 rings (SSSR count). The first-order valence-electron chi connectivity index (χ1n) is 8.03. The SMILES string of the molecule is CC(=CC(=O)NCCN1CCOCC1)CCc1ccccc1. The van der Waals surface area contributed by atoms with Gasteiger partial charge in [0.2, 0.25) is 5.91 Å². The van der Waals surface area contributed by atoms with E-state index in [4.69, 9.17) is 4.74 Å². The lowest BCUT2D eigenvalue weighted by Crippen LogP contribution is -2.41. The molecular formula is C18H26N2O2. The highest BCUT2D eigenvalue weighted by atomic mass is 16.5. The number of hydrogen-bond donors (Lipinski definition) is 1. The number of rotatable bonds is 7. The Morgan fingerprint density at radius 1 is 1.27 bits per heavy atom. The van der Waals surface area contributed by atoms with Crippen LogP contribution in [0.4, 0.5) is 0 Å². The summed E-state index contributed by atoms with van der Waals surface area (Å²) < 4.78 is 5.30. The maximum atomic E-state index is 11.9. The number of carbonyl (C=O) groups excluding carboxylic acids is 1. The van der Waals surface area contributed by atoms with Crippen LogP contribution in [0.25, 0.3) is 0 Å². The Hall–Kier alpha value is -1.65.